The largest absolute Gasteiger partial charge is 0.383 e. The third-order valence-electron chi connectivity index (χ3n) is 3.75. The number of aromatic nitrogens is 2. The minimum atomic E-state index is 0.231. The maximum Gasteiger partial charge on any atom is 0.137 e. The summed E-state index contributed by atoms with van der Waals surface area (Å²) in [6, 6.07) is 8.11. The number of H-pyrrole nitrogens is 1. The maximum atomic E-state index is 9.15. The Labute approximate surface area is 116 Å². The lowest BCUT2D eigenvalue weighted by Crippen LogP contribution is -2.14. The van der Waals surface area contributed by atoms with Gasteiger partial charge in [0.05, 0.1) is 5.69 Å². The predicted molar refractivity (Wildman–Crippen MR) is 73.9 cm³/mol. The molecule has 19 heavy (non-hydrogen) atoms. The SMILES string of the molecule is N#Cc1c(C2CCc3c(Cl)cccc3C2)n[nH]c1N. The molecule has 96 valence electrons. The zero-order chi connectivity index (χ0) is 13.4. The number of halogens is 1. The summed E-state index contributed by atoms with van der Waals surface area (Å²) >= 11 is 6.20. The van der Waals surface area contributed by atoms with Crippen molar-refractivity contribution in [3.8, 4) is 6.07 Å². The van der Waals surface area contributed by atoms with Gasteiger partial charge in [-0.25, -0.2) is 0 Å². The molecular weight excluding hydrogens is 260 g/mol. The van der Waals surface area contributed by atoms with Gasteiger partial charge in [0.1, 0.15) is 17.5 Å². The Bertz CT molecular complexity index is 669. The molecule has 1 aromatic carbocycles. The van der Waals surface area contributed by atoms with Gasteiger partial charge in [0.15, 0.2) is 0 Å². The number of hydrogen-bond donors (Lipinski definition) is 2. The van der Waals surface area contributed by atoms with Crippen LogP contribution in [-0.4, -0.2) is 10.2 Å². The summed E-state index contributed by atoms with van der Waals surface area (Å²) in [5.41, 5.74) is 9.45. The highest BCUT2D eigenvalue weighted by Gasteiger charge is 2.26. The highest BCUT2D eigenvalue weighted by atomic mass is 35.5. The van der Waals surface area contributed by atoms with Gasteiger partial charge in [-0.15, -0.1) is 0 Å². The zero-order valence-corrected chi connectivity index (χ0v) is 11.0. The highest BCUT2D eigenvalue weighted by Crippen LogP contribution is 2.36. The molecule has 0 aliphatic heterocycles. The number of nitrogens with two attached hydrogens (primary N) is 1. The molecule has 1 aliphatic rings. The monoisotopic (exact) mass is 272 g/mol. The molecule has 0 saturated heterocycles. The topological polar surface area (TPSA) is 78.5 Å². The van der Waals surface area contributed by atoms with Crippen molar-refractivity contribution in [1.29, 1.82) is 5.26 Å². The molecule has 1 unspecified atom stereocenters. The number of fused-ring (bicyclic) bond motifs is 1. The number of rotatable bonds is 1. The number of nitrogens with one attached hydrogen (secondary N) is 1. The van der Waals surface area contributed by atoms with Crippen molar-refractivity contribution in [2.24, 2.45) is 0 Å². The Morgan fingerprint density at radius 1 is 1.47 bits per heavy atom. The summed E-state index contributed by atoms with van der Waals surface area (Å²) in [6.45, 7) is 0. The minimum Gasteiger partial charge on any atom is -0.383 e. The van der Waals surface area contributed by atoms with Crippen LogP contribution in [0, 0.1) is 11.3 Å². The second kappa shape index (κ2) is 4.60. The molecule has 1 aliphatic carbocycles. The summed E-state index contributed by atoms with van der Waals surface area (Å²) in [5, 5.41) is 16.9. The Balaban J connectivity index is 1.96. The second-order valence-corrected chi connectivity index (χ2v) is 5.23. The smallest absolute Gasteiger partial charge is 0.137 e. The Kier molecular flexibility index (Phi) is 2.92. The van der Waals surface area contributed by atoms with Crippen LogP contribution in [0.4, 0.5) is 5.82 Å². The lowest BCUT2D eigenvalue weighted by atomic mass is 9.81. The van der Waals surface area contributed by atoms with Crippen LogP contribution in [0.25, 0.3) is 0 Å². The average Bonchev–Trinajstić information content (AvgIpc) is 2.79. The van der Waals surface area contributed by atoms with Gasteiger partial charge in [-0.3, -0.25) is 5.10 Å². The number of anilines is 1. The van der Waals surface area contributed by atoms with Crippen LogP contribution >= 0.6 is 11.6 Å². The van der Waals surface area contributed by atoms with Crippen LogP contribution in [0.15, 0.2) is 18.2 Å². The van der Waals surface area contributed by atoms with E-state index in [-0.39, 0.29) is 5.92 Å². The minimum absolute atomic E-state index is 0.231. The Hall–Kier alpha value is -1.99. The molecule has 0 spiro atoms. The first-order chi connectivity index (χ1) is 9.20. The predicted octanol–water partition coefficient (Wildman–Crippen LogP) is 2.79. The summed E-state index contributed by atoms with van der Waals surface area (Å²) < 4.78 is 0. The van der Waals surface area contributed by atoms with E-state index in [0.717, 1.165) is 30.0 Å². The van der Waals surface area contributed by atoms with Gasteiger partial charge in [0.2, 0.25) is 0 Å². The van der Waals surface area contributed by atoms with Crippen molar-refractivity contribution in [3.05, 3.63) is 45.6 Å². The van der Waals surface area contributed by atoms with Gasteiger partial charge < -0.3 is 5.73 Å². The Morgan fingerprint density at radius 3 is 3.11 bits per heavy atom. The van der Waals surface area contributed by atoms with E-state index >= 15 is 0 Å². The van der Waals surface area contributed by atoms with Crippen LogP contribution in [-0.2, 0) is 12.8 Å². The molecule has 3 rings (SSSR count). The molecular formula is C14H13ClN4. The molecule has 5 heteroatoms. The van der Waals surface area contributed by atoms with Crippen molar-refractivity contribution in [2.75, 3.05) is 5.73 Å². The number of nitrogens with zero attached hydrogens (tertiary/aromatic N) is 2. The van der Waals surface area contributed by atoms with E-state index in [9.17, 15) is 0 Å². The van der Waals surface area contributed by atoms with Crippen molar-refractivity contribution in [3.63, 3.8) is 0 Å². The molecule has 1 atom stereocenters. The summed E-state index contributed by atoms with van der Waals surface area (Å²) in [7, 11) is 0. The van der Waals surface area contributed by atoms with E-state index in [1.165, 1.54) is 11.1 Å². The zero-order valence-electron chi connectivity index (χ0n) is 10.3. The van der Waals surface area contributed by atoms with Crippen molar-refractivity contribution >= 4 is 17.4 Å². The summed E-state index contributed by atoms with van der Waals surface area (Å²) in [5.74, 6) is 0.587. The molecule has 4 nitrogen and oxygen atoms in total. The molecule has 1 heterocycles. The molecule has 1 aromatic heterocycles. The third kappa shape index (κ3) is 1.96. The van der Waals surface area contributed by atoms with Gasteiger partial charge in [-0.2, -0.15) is 10.4 Å². The molecule has 2 aromatic rings. The van der Waals surface area contributed by atoms with E-state index in [0.29, 0.717) is 11.4 Å². The third-order valence-corrected chi connectivity index (χ3v) is 4.10. The second-order valence-electron chi connectivity index (χ2n) is 4.83. The molecule has 0 amide bonds. The average molecular weight is 273 g/mol. The van der Waals surface area contributed by atoms with Crippen LogP contribution in [0.5, 0.6) is 0 Å². The first-order valence-corrected chi connectivity index (χ1v) is 6.58. The number of benzene rings is 1. The standard InChI is InChI=1S/C14H13ClN4/c15-12-3-1-2-8-6-9(4-5-10(8)12)13-11(7-16)14(17)19-18-13/h1-3,9H,4-6H2,(H3,17,18,19). The van der Waals surface area contributed by atoms with Gasteiger partial charge in [-0.05, 0) is 36.5 Å². The lowest BCUT2D eigenvalue weighted by molar-refractivity contribution is 0.569. The number of hydrogen-bond acceptors (Lipinski definition) is 3. The fourth-order valence-corrected chi connectivity index (χ4v) is 3.07. The molecule has 3 N–H and O–H groups in total. The van der Waals surface area contributed by atoms with Gasteiger partial charge in [0.25, 0.3) is 0 Å². The van der Waals surface area contributed by atoms with E-state index in [1.807, 2.05) is 12.1 Å². The normalized spacial score (nSPS) is 17.8. The van der Waals surface area contributed by atoms with Crippen LogP contribution < -0.4 is 5.73 Å². The summed E-state index contributed by atoms with van der Waals surface area (Å²) in [4.78, 5) is 0. The van der Waals surface area contributed by atoms with Crippen LogP contribution in [0.3, 0.4) is 0 Å². The fourth-order valence-electron chi connectivity index (χ4n) is 2.78. The lowest BCUT2D eigenvalue weighted by Gasteiger charge is -2.24. The van der Waals surface area contributed by atoms with E-state index in [2.05, 4.69) is 22.3 Å². The molecule has 0 bridgehead atoms. The van der Waals surface area contributed by atoms with Crippen LogP contribution in [0.2, 0.25) is 5.02 Å². The molecule has 0 saturated carbocycles. The number of aromatic amines is 1. The molecule has 0 radical (unpaired) electrons. The van der Waals surface area contributed by atoms with Gasteiger partial charge in [-0.1, -0.05) is 23.7 Å². The van der Waals surface area contributed by atoms with Crippen molar-refractivity contribution in [2.45, 2.75) is 25.2 Å². The number of nitriles is 1. The Morgan fingerprint density at radius 2 is 2.32 bits per heavy atom. The quantitative estimate of drug-likeness (QED) is 0.838. The highest BCUT2D eigenvalue weighted by molar-refractivity contribution is 6.31. The van der Waals surface area contributed by atoms with E-state index < -0.39 is 0 Å². The van der Waals surface area contributed by atoms with Crippen molar-refractivity contribution in [1.82, 2.24) is 10.2 Å². The fraction of sp³-hybridized carbons (Fsp3) is 0.286. The van der Waals surface area contributed by atoms with E-state index in [4.69, 9.17) is 22.6 Å². The van der Waals surface area contributed by atoms with Crippen LogP contribution in [0.1, 0.15) is 34.7 Å². The first-order valence-electron chi connectivity index (χ1n) is 6.20. The van der Waals surface area contributed by atoms with Gasteiger partial charge >= 0.3 is 0 Å². The first kappa shape index (κ1) is 12.1. The van der Waals surface area contributed by atoms with Crippen molar-refractivity contribution < 1.29 is 0 Å². The number of nitrogen functional groups attached to an aromatic ring is 1. The van der Waals surface area contributed by atoms with E-state index in [1.54, 1.807) is 0 Å². The maximum absolute atomic E-state index is 9.15. The van der Waals surface area contributed by atoms with Gasteiger partial charge in [0, 0.05) is 10.9 Å². The molecule has 0 fully saturated rings. The summed E-state index contributed by atoms with van der Waals surface area (Å²) in [6.07, 6.45) is 2.71.